The summed E-state index contributed by atoms with van der Waals surface area (Å²) in [7, 11) is 0. The van der Waals surface area contributed by atoms with Gasteiger partial charge in [-0.2, -0.15) is 10.7 Å². The van der Waals surface area contributed by atoms with E-state index in [-0.39, 0.29) is 12.4 Å². The van der Waals surface area contributed by atoms with Gasteiger partial charge in [0.15, 0.2) is 0 Å². The summed E-state index contributed by atoms with van der Waals surface area (Å²) in [5, 5.41) is 17.0. The van der Waals surface area contributed by atoms with Crippen LogP contribution in [0.4, 0.5) is 0 Å². The third-order valence-corrected chi connectivity index (χ3v) is 1.39. The summed E-state index contributed by atoms with van der Waals surface area (Å²) in [6.07, 6.45) is 0. The Bertz CT molecular complexity index is 258. The highest BCUT2D eigenvalue weighted by Gasteiger charge is 2.05. The molecule has 0 aliphatic rings. The van der Waals surface area contributed by atoms with Crippen molar-refractivity contribution in [3.63, 3.8) is 0 Å². The van der Waals surface area contributed by atoms with Crippen LogP contribution in [0, 0.1) is 11.3 Å². The van der Waals surface area contributed by atoms with Crippen LogP contribution in [0.3, 0.4) is 0 Å². The molecule has 0 fully saturated rings. The van der Waals surface area contributed by atoms with Gasteiger partial charge in [-0.05, 0) is 5.56 Å². The Morgan fingerprint density at radius 3 is 2.33 bits per heavy atom. The lowest BCUT2D eigenvalue weighted by molar-refractivity contribution is 0.146. The molecule has 12 heavy (non-hydrogen) atoms. The molecule has 4 heteroatoms. The van der Waals surface area contributed by atoms with Gasteiger partial charge < -0.3 is 5.21 Å². The summed E-state index contributed by atoms with van der Waals surface area (Å²) in [5.74, 6) is 0. The topological polar surface area (TPSA) is 56.0 Å². The number of hydrogen-bond donors (Lipinski definition) is 2. The second-order valence-electron chi connectivity index (χ2n) is 2.10. The molecular weight excluding hydrogens is 176 g/mol. The first-order chi connectivity index (χ1) is 5.38. The standard InChI is InChI=1S/C8H8N2O.ClH/c9-6-8(10-11)7-4-2-1-3-5-7;/h1-5,8,10-11H;1H. The molecule has 1 rings (SSSR count). The van der Waals surface area contributed by atoms with Crippen molar-refractivity contribution in [1.82, 2.24) is 5.48 Å². The maximum atomic E-state index is 8.51. The van der Waals surface area contributed by atoms with Gasteiger partial charge in [0.2, 0.25) is 0 Å². The fraction of sp³-hybridized carbons (Fsp3) is 0.125. The summed E-state index contributed by atoms with van der Waals surface area (Å²) in [6.45, 7) is 0. The van der Waals surface area contributed by atoms with Crippen LogP contribution in [0.1, 0.15) is 11.6 Å². The van der Waals surface area contributed by atoms with Gasteiger partial charge in [-0.25, -0.2) is 0 Å². The quantitative estimate of drug-likeness (QED) is 0.688. The van der Waals surface area contributed by atoms with Gasteiger partial charge in [0, 0.05) is 0 Å². The zero-order valence-corrected chi connectivity index (χ0v) is 7.08. The van der Waals surface area contributed by atoms with E-state index in [0.29, 0.717) is 0 Å². The first kappa shape index (κ1) is 10.9. The van der Waals surface area contributed by atoms with E-state index in [1.165, 1.54) is 0 Å². The predicted octanol–water partition coefficient (Wildman–Crippen LogP) is 1.65. The molecule has 0 heterocycles. The molecule has 0 bridgehead atoms. The Kier molecular flexibility index (Phi) is 5.06. The number of nitriles is 1. The van der Waals surface area contributed by atoms with Gasteiger partial charge in [-0.15, -0.1) is 12.4 Å². The second kappa shape index (κ2) is 5.56. The van der Waals surface area contributed by atoms with Gasteiger partial charge >= 0.3 is 0 Å². The Hall–Kier alpha value is -1.08. The average molecular weight is 185 g/mol. The molecule has 0 aliphatic carbocycles. The molecule has 1 unspecified atom stereocenters. The Morgan fingerprint density at radius 1 is 1.33 bits per heavy atom. The average Bonchev–Trinajstić information content (AvgIpc) is 2.09. The molecule has 0 saturated carbocycles. The molecule has 0 radical (unpaired) electrons. The van der Waals surface area contributed by atoms with Crippen LogP contribution in [0.25, 0.3) is 0 Å². The second-order valence-corrected chi connectivity index (χ2v) is 2.10. The molecule has 1 aromatic rings. The van der Waals surface area contributed by atoms with Crippen LogP contribution in [-0.4, -0.2) is 5.21 Å². The number of hydrogen-bond acceptors (Lipinski definition) is 3. The molecule has 0 aromatic heterocycles. The van der Waals surface area contributed by atoms with Gasteiger partial charge in [0.05, 0.1) is 6.07 Å². The minimum absolute atomic E-state index is 0. The highest BCUT2D eigenvalue weighted by Crippen LogP contribution is 2.09. The molecule has 3 nitrogen and oxygen atoms in total. The van der Waals surface area contributed by atoms with Crippen molar-refractivity contribution in [2.45, 2.75) is 6.04 Å². The zero-order chi connectivity index (χ0) is 8.10. The molecule has 2 N–H and O–H groups in total. The summed E-state index contributed by atoms with van der Waals surface area (Å²) in [5.41, 5.74) is 2.67. The summed E-state index contributed by atoms with van der Waals surface area (Å²) < 4.78 is 0. The largest absolute Gasteiger partial charge is 0.315 e. The van der Waals surface area contributed by atoms with Gasteiger partial charge in [-0.3, -0.25) is 0 Å². The van der Waals surface area contributed by atoms with Crippen molar-refractivity contribution in [2.75, 3.05) is 0 Å². The number of benzene rings is 1. The van der Waals surface area contributed by atoms with E-state index in [0.717, 1.165) is 5.56 Å². The van der Waals surface area contributed by atoms with Crippen molar-refractivity contribution in [2.24, 2.45) is 0 Å². The first-order valence-corrected chi connectivity index (χ1v) is 3.22. The first-order valence-electron chi connectivity index (χ1n) is 3.22. The molecule has 0 spiro atoms. The Labute approximate surface area is 77.0 Å². The lowest BCUT2D eigenvalue weighted by Gasteiger charge is -2.04. The summed E-state index contributed by atoms with van der Waals surface area (Å²) in [4.78, 5) is 0. The lowest BCUT2D eigenvalue weighted by atomic mass is 10.1. The maximum absolute atomic E-state index is 8.51. The van der Waals surface area contributed by atoms with Gasteiger partial charge in [0.25, 0.3) is 0 Å². The third kappa shape index (κ3) is 2.51. The molecule has 1 aromatic carbocycles. The molecule has 0 amide bonds. The monoisotopic (exact) mass is 184 g/mol. The Morgan fingerprint density at radius 2 is 1.92 bits per heavy atom. The molecule has 0 aliphatic heterocycles. The van der Waals surface area contributed by atoms with Crippen molar-refractivity contribution in [3.05, 3.63) is 35.9 Å². The van der Waals surface area contributed by atoms with E-state index < -0.39 is 6.04 Å². The van der Waals surface area contributed by atoms with E-state index in [1.807, 2.05) is 29.7 Å². The fourth-order valence-corrected chi connectivity index (χ4v) is 0.823. The third-order valence-electron chi connectivity index (χ3n) is 1.39. The van der Waals surface area contributed by atoms with Crippen LogP contribution in [0.5, 0.6) is 0 Å². The SMILES string of the molecule is Cl.N#CC(NO)c1ccccc1. The summed E-state index contributed by atoms with van der Waals surface area (Å²) in [6, 6.07) is 10.3. The van der Waals surface area contributed by atoms with Crippen molar-refractivity contribution in [1.29, 1.82) is 5.26 Å². The normalized spacial score (nSPS) is 11.0. The van der Waals surface area contributed by atoms with E-state index in [1.54, 1.807) is 12.1 Å². The number of hydroxylamine groups is 1. The fourth-order valence-electron chi connectivity index (χ4n) is 0.823. The van der Waals surface area contributed by atoms with Gasteiger partial charge in [0.1, 0.15) is 6.04 Å². The van der Waals surface area contributed by atoms with Crippen LogP contribution >= 0.6 is 12.4 Å². The van der Waals surface area contributed by atoms with Gasteiger partial charge in [-0.1, -0.05) is 30.3 Å². The molecule has 64 valence electrons. The predicted molar refractivity (Wildman–Crippen MR) is 47.0 cm³/mol. The molecular formula is C8H9ClN2O. The zero-order valence-electron chi connectivity index (χ0n) is 6.27. The minimum atomic E-state index is -0.629. The van der Waals surface area contributed by atoms with Crippen LogP contribution in [-0.2, 0) is 0 Å². The van der Waals surface area contributed by atoms with E-state index in [2.05, 4.69) is 0 Å². The van der Waals surface area contributed by atoms with Crippen molar-refractivity contribution < 1.29 is 5.21 Å². The minimum Gasteiger partial charge on any atom is -0.315 e. The Balaban J connectivity index is 0.00000121. The molecule has 0 saturated heterocycles. The summed E-state index contributed by atoms with van der Waals surface area (Å²) >= 11 is 0. The number of rotatable bonds is 2. The number of halogens is 1. The highest BCUT2D eigenvalue weighted by atomic mass is 35.5. The number of nitrogens with one attached hydrogen (secondary N) is 1. The van der Waals surface area contributed by atoms with Crippen LogP contribution in [0.2, 0.25) is 0 Å². The van der Waals surface area contributed by atoms with E-state index in [9.17, 15) is 0 Å². The van der Waals surface area contributed by atoms with Crippen LogP contribution < -0.4 is 5.48 Å². The van der Waals surface area contributed by atoms with Crippen molar-refractivity contribution in [3.8, 4) is 6.07 Å². The molecule has 1 atom stereocenters. The maximum Gasteiger partial charge on any atom is 0.143 e. The smallest absolute Gasteiger partial charge is 0.143 e. The van der Waals surface area contributed by atoms with Crippen LogP contribution in [0.15, 0.2) is 30.3 Å². The van der Waals surface area contributed by atoms with Crippen molar-refractivity contribution >= 4 is 12.4 Å². The van der Waals surface area contributed by atoms with E-state index in [4.69, 9.17) is 10.5 Å². The number of nitrogens with zero attached hydrogens (tertiary/aromatic N) is 1. The lowest BCUT2D eigenvalue weighted by Crippen LogP contribution is -2.14. The highest BCUT2D eigenvalue weighted by molar-refractivity contribution is 5.85. The van der Waals surface area contributed by atoms with E-state index >= 15 is 0 Å².